The molecule has 90 valence electrons. The van der Waals surface area contributed by atoms with Gasteiger partial charge in [0.2, 0.25) is 0 Å². The molecule has 0 bridgehead atoms. The summed E-state index contributed by atoms with van der Waals surface area (Å²) in [5.41, 5.74) is 4.90. The van der Waals surface area contributed by atoms with Crippen LogP contribution in [-0.2, 0) is 0 Å². The SMILES string of the molecule is Cc1cc(C)cc(-c2cnn3c(O)ncnc23)c1. The number of benzene rings is 1. The van der Waals surface area contributed by atoms with Gasteiger partial charge in [0.1, 0.15) is 6.33 Å². The number of aromatic hydroxyl groups is 1. The molecule has 2 heterocycles. The summed E-state index contributed by atoms with van der Waals surface area (Å²) >= 11 is 0. The first-order valence-corrected chi connectivity index (χ1v) is 5.61. The van der Waals surface area contributed by atoms with E-state index in [1.807, 2.05) is 0 Å². The molecule has 3 rings (SSSR count). The quantitative estimate of drug-likeness (QED) is 0.707. The van der Waals surface area contributed by atoms with E-state index in [4.69, 9.17) is 0 Å². The zero-order valence-corrected chi connectivity index (χ0v) is 10.1. The summed E-state index contributed by atoms with van der Waals surface area (Å²) in [6.07, 6.45) is 3.02. The Morgan fingerprint density at radius 1 is 1.06 bits per heavy atom. The lowest BCUT2D eigenvalue weighted by molar-refractivity contribution is 0.411. The molecule has 0 fully saturated rings. The zero-order valence-electron chi connectivity index (χ0n) is 10.1. The minimum atomic E-state index is -0.157. The summed E-state index contributed by atoms with van der Waals surface area (Å²) < 4.78 is 1.33. The Morgan fingerprint density at radius 2 is 1.78 bits per heavy atom. The van der Waals surface area contributed by atoms with Crippen LogP contribution in [0.25, 0.3) is 16.8 Å². The molecule has 1 N–H and O–H groups in total. The standard InChI is InChI=1S/C13H12N4O/c1-8-3-9(2)5-10(4-8)11-6-16-17-12(11)14-7-15-13(17)18/h3-7H,1-2H3,(H,14,15,18). The zero-order chi connectivity index (χ0) is 12.7. The molecule has 0 radical (unpaired) electrons. The van der Waals surface area contributed by atoms with E-state index in [0.29, 0.717) is 5.65 Å². The van der Waals surface area contributed by atoms with Crippen LogP contribution in [0.15, 0.2) is 30.7 Å². The number of rotatable bonds is 1. The van der Waals surface area contributed by atoms with Crippen molar-refractivity contribution in [2.75, 3.05) is 0 Å². The van der Waals surface area contributed by atoms with Crippen LogP contribution in [0.4, 0.5) is 0 Å². The van der Waals surface area contributed by atoms with Crippen LogP contribution in [0.2, 0.25) is 0 Å². The molecule has 0 atom stereocenters. The van der Waals surface area contributed by atoms with E-state index in [-0.39, 0.29) is 6.01 Å². The first kappa shape index (κ1) is 10.7. The Labute approximate surface area is 104 Å². The van der Waals surface area contributed by atoms with Gasteiger partial charge in [-0.3, -0.25) is 0 Å². The number of nitrogens with zero attached hydrogens (tertiary/aromatic N) is 4. The van der Waals surface area contributed by atoms with Crippen molar-refractivity contribution in [2.45, 2.75) is 13.8 Å². The van der Waals surface area contributed by atoms with Crippen LogP contribution in [0, 0.1) is 13.8 Å². The molecule has 0 unspecified atom stereocenters. The monoisotopic (exact) mass is 240 g/mol. The second-order valence-electron chi connectivity index (χ2n) is 4.34. The van der Waals surface area contributed by atoms with Crippen molar-refractivity contribution in [1.82, 2.24) is 19.6 Å². The smallest absolute Gasteiger partial charge is 0.318 e. The van der Waals surface area contributed by atoms with Crippen molar-refractivity contribution < 1.29 is 5.11 Å². The third-order valence-corrected chi connectivity index (χ3v) is 2.82. The highest BCUT2D eigenvalue weighted by Gasteiger charge is 2.11. The van der Waals surface area contributed by atoms with Gasteiger partial charge in [-0.2, -0.15) is 14.6 Å². The molecule has 5 heteroatoms. The summed E-state index contributed by atoms with van der Waals surface area (Å²) in [5.74, 6) is 0. The first-order valence-electron chi connectivity index (χ1n) is 5.61. The Morgan fingerprint density at radius 3 is 2.50 bits per heavy atom. The van der Waals surface area contributed by atoms with Crippen molar-refractivity contribution in [2.24, 2.45) is 0 Å². The molecule has 3 aromatic rings. The Bertz CT molecular complexity index is 713. The molecule has 0 spiro atoms. The molecular formula is C13H12N4O. The normalized spacial score (nSPS) is 11.0. The summed E-state index contributed by atoms with van der Waals surface area (Å²) in [7, 11) is 0. The average Bonchev–Trinajstić information content (AvgIpc) is 2.73. The van der Waals surface area contributed by atoms with Crippen LogP contribution in [0.3, 0.4) is 0 Å². The molecule has 0 amide bonds. The van der Waals surface area contributed by atoms with Gasteiger partial charge in [-0.05, 0) is 19.4 Å². The molecule has 5 nitrogen and oxygen atoms in total. The van der Waals surface area contributed by atoms with Gasteiger partial charge >= 0.3 is 6.01 Å². The van der Waals surface area contributed by atoms with Crippen LogP contribution in [0.1, 0.15) is 11.1 Å². The highest BCUT2D eigenvalue weighted by atomic mass is 16.3. The van der Waals surface area contributed by atoms with Gasteiger partial charge < -0.3 is 5.11 Å². The van der Waals surface area contributed by atoms with E-state index in [1.54, 1.807) is 6.20 Å². The van der Waals surface area contributed by atoms with Gasteiger partial charge in [0.25, 0.3) is 0 Å². The van der Waals surface area contributed by atoms with E-state index in [9.17, 15) is 5.11 Å². The van der Waals surface area contributed by atoms with Crippen LogP contribution < -0.4 is 0 Å². The molecule has 18 heavy (non-hydrogen) atoms. The number of aryl methyl sites for hydroxylation is 2. The Balaban J connectivity index is 2.29. The van der Waals surface area contributed by atoms with E-state index >= 15 is 0 Å². The van der Waals surface area contributed by atoms with Crippen molar-refractivity contribution in [3.8, 4) is 17.1 Å². The second-order valence-corrected chi connectivity index (χ2v) is 4.34. The van der Waals surface area contributed by atoms with Crippen LogP contribution >= 0.6 is 0 Å². The number of fused-ring (bicyclic) bond motifs is 1. The lowest BCUT2D eigenvalue weighted by Crippen LogP contribution is -1.93. The lowest BCUT2D eigenvalue weighted by atomic mass is 10.0. The van der Waals surface area contributed by atoms with Gasteiger partial charge in [0, 0.05) is 5.56 Å². The highest BCUT2D eigenvalue weighted by molar-refractivity contribution is 5.77. The predicted octanol–water partition coefficient (Wildman–Crippen LogP) is 2.11. The summed E-state index contributed by atoms with van der Waals surface area (Å²) in [6.45, 7) is 4.10. The van der Waals surface area contributed by atoms with Gasteiger partial charge in [-0.1, -0.05) is 29.3 Å². The van der Waals surface area contributed by atoms with Crippen molar-refractivity contribution in [3.05, 3.63) is 41.9 Å². The summed E-state index contributed by atoms with van der Waals surface area (Å²) in [4.78, 5) is 7.86. The van der Waals surface area contributed by atoms with E-state index in [1.165, 1.54) is 22.0 Å². The summed E-state index contributed by atoms with van der Waals surface area (Å²) in [5, 5.41) is 13.7. The fraction of sp³-hybridized carbons (Fsp3) is 0.154. The second kappa shape index (κ2) is 3.80. The van der Waals surface area contributed by atoms with Crippen LogP contribution in [-0.4, -0.2) is 24.7 Å². The van der Waals surface area contributed by atoms with Gasteiger partial charge in [-0.25, -0.2) is 4.98 Å². The minimum absolute atomic E-state index is 0.157. The third kappa shape index (κ3) is 1.60. The maximum Gasteiger partial charge on any atom is 0.318 e. The maximum absolute atomic E-state index is 9.59. The molecule has 1 aromatic carbocycles. The molecule has 2 aromatic heterocycles. The molecule has 0 saturated heterocycles. The Kier molecular flexibility index (Phi) is 2.26. The van der Waals surface area contributed by atoms with E-state index in [2.05, 4.69) is 47.1 Å². The van der Waals surface area contributed by atoms with E-state index in [0.717, 1.165) is 11.1 Å². The maximum atomic E-state index is 9.59. The highest BCUT2D eigenvalue weighted by Crippen LogP contribution is 2.26. The van der Waals surface area contributed by atoms with Crippen molar-refractivity contribution in [1.29, 1.82) is 0 Å². The predicted molar refractivity (Wildman–Crippen MR) is 67.4 cm³/mol. The van der Waals surface area contributed by atoms with Crippen molar-refractivity contribution in [3.63, 3.8) is 0 Å². The van der Waals surface area contributed by atoms with Gasteiger partial charge in [-0.15, -0.1) is 0 Å². The number of aromatic nitrogens is 4. The fourth-order valence-electron chi connectivity index (χ4n) is 2.14. The largest absolute Gasteiger partial charge is 0.479 e. The van der Waals surface area contributed by atoms with Gasteiger partial charge in [0.05, 0.1) is 6.20 Å². The molecule has 0 aliphatic heterocycles. The first-order chi connectivity index (χ1) is 8.65. The number of hydrogen-bond donors (Lipinski definition) is 1. The topological polar surface area (TPSA) is 63.3 Å². The minimum Gasteiger partial charge on any atom is -0.479 e. The van der Waals surface area contributed by atoms with E-state index < -0.39 is 0 Å². The van der Waals surface area contributed by atoms with Crippen molar-refractivity contribution >= 4 is 5.65 Å². The fourth-order valence-corrected chi connectivity index (χ4v) is 2.14. The van der Waals surface area contributed by atoms with Gasteiger partial charge in [0.15, 0.2) is 5.65 Å². The molecular weight excluding hydrogens is 228 g/mol. The molecule has 0 aliphatic rings. The third-order valence-electron chi connectivity index (χ3n) is 2.82. The Hall–Kier alpha value is -2.43. The molecule has 0 saturated carbocycles. The molecule has 0 aliphatic carbocycles. The average molecular weight is 240 g/mol. The van der Waals surface area contributed by atoms with Crippen LogP contribution in [0.5, 0.6) is 6.01 Å². The summed E-state index contributed by atoms with van der Waals surface area (Å²) in [6, 6.07) is 6.10. The number of hydrogen-bond acceptors (Lipinski definition) is 4. The lowest BCUT2D eigenvalue weighted by Gasteiger charge is -2.03.